The highest BCUT2D eigenvalue weighted by Gasteiger charge is 2.23. The molecule has 2 rings (SSSR count). The number of primary amides is 1. The highest BCUT2D eigenvalue weighted by molar-refractivity contribution is 7.92. The molecule has 0 bridgehead atoms. The molecule has 2 amide bonds. The molecule has 3 N–H and O–H groups in total. The van der Waals surface area contributed by atoms with E-state index in [4.69, 9.17) is 15.2 Å². The Balaban J connectivity index is 2.32. The Bertz CT molecular complexity index is 1040. The molecule has 0 heterocycles. The SMILES string of the molecule is COc1ccc(N(CC(=O)Nc2cccc(C(N)=O)c2C)S(C)(=O)=O)cc1OC. The first kappa shape index (κ1) is 22.0. The summed E-state index contributed by atoms with van der Waals surface area (Å²) >= 11 is 0. The topological polar surface area (TPSA) is 128 Å². The monoisotopic (exact) mass is 421 g/mol. The summed E-state index contributed by atoms with van der Waals surface area (Å²) in [6.07, 6.45) is 0.996. The van der Waals surface area contributed by atoms with Gasteiger partial charge >= 0.3 is 0 Å². The minimum absolute atomic E-state index is 0.239. The lowest BCUT2D eigenvalue weighted by atomic mass is 10.1. The first-order chi connectivity index (χ1) is 13.6. The van der Waals surface area contributed by atoms with Crippen LogP contribution < -0.4 is 24.8 Å². The molecule has 0 aliphatic heterocycles. The first-order valence-electron chi connectivity index (χ1n) is 8.47. The Morgan fingerprint density at radius 1 is 1.10 bits per heavy atom. The number of sulfonamides is 1. The second-order valence-electron chi connectivity index (χ2n) is 6.20. The highest BCUT2D eigenvalue weighted by atomic mass is 32.2. The lowest BCUT2D eigenvalue weighted by molar-refractivity contribution is -0.114. The maximum atomic E-state index is 12.6. The van der Waals surface area contributed by atoms with Crippen molar-refractivity contribution < 1.29 is 27.5 Å². The molecular weight excluding hydrogens is 398 g/mol. The van der Waals surface area contributed by atoms with Gasteiger partial charge in [-0.15, -0.1) is 0 Å². The molecule has 2 aromatic rings. The van der Waals surface area contributed by atoms with E-state index in [1.54, 1.807) is 31.2 Å². The van der Waals surface area contributed by atoms with Crippen LogP contribution in [0.2, 0.25) is 0 Å². The van der Waals surface area contributed by atoms with Gasteiger partial charge in [0, 0.05) is 17.3 Å². The van der Waals surface area contributed by atoms with Gasteiger partial charge in [0.2, 0.25) is 21.8 Å². The predicted octanol–water partition coefficient (Wildman–Crippen LogP) is 1.52. The van der Waals surface area contributed by atoms with Crippen molar-refractivity contribution in [1.29, 1.82) is 0 Å². The molecule has 0 saturated heterocycles. The van der Waals surface area contributed by atoms with Gasteiger partial charge in [0.25, 0.3) is 0 Å². The lowest BCUT2D eigenvalue weighted by Gasteiger charge is -2.23. The Morgan fingerprint density at radius 3 is 2.31 bits per heavy atom. The zero-order chi connectivity index (χ0) is 21.8. The van der Waals surface area contributed by atoms with Crippen molar-refractivity contribution in [3.63, 3.8) is 0 Å². The van der Waals surface area contributed by atoms with Gasteiger partial charge in [-0.05, 0) is 36.8 Å². The van der Waals surface area contributed by atoms with Crippen molar-refractivity contribution in [3.05, 3.63) is 47.5 Å². The lowest BCUT2D eigenvalue weighted by Crippen LogP contribution is -2.37. The summed E-state index contributed by atoms with van der Waals surface area (Å²) in [6.45, 7) is 1.16. The van der Waals surface area contributed by atoms with Crippen molar-refractivity contribution in [3.8, 4) is 11.5 Å². The van der Waals surface area contributed by atoms with Crippen molar-refractivity contribution >= 4 is 33.2 Å². The Labute approximate surface area is 169 Å². The number of ether oxygens (including phenoxy) is 2. The molecule has 156 valence electrons. The normalized spacial score (nSPS) is 10.9. The fraction of sp³-hybridized carbons (Fsp3) is 0.263. The Hall–Kier alpha value is -3.27. The molecule has 0 fully saturated rings. The van der Waals surface area contributed by atoms with Crippen LogP contribution in [-0.4, -0.2) is 47.3 Å². The minimum Gasteiger partial charge on any atom is -0.493 e. The van der Waals surface area contributed by atoms with E-state index in [1.165, 1.54) is 26.4 Å². The van der Waals surface area contributed by atoms with Gasteiger partial charge in [0.1, 0.15) is 6.54 Å². The zero-order valence-electron chi connectivity index (χ0n) is 16.6. The number of hydrogen-bond acceptors (Lipinski definition) is 6. The van der Waals surface area contributed by atoms with Crippen LogP contribution in [0.4, 0.5) is 11.4 Å². The summed E-state index contributed by atoms with van der Waals surface area (Å²) in [6, 6.07) is 9.23. The molecule has 0 atom stereocenters. The summed E-state index contributed by atoms with van der Waals surface area (Å²) < 4.78 is 35.9. The average molecular weight is 421 g/mol. The van der Waals surface area contributed by atoms with Gasteiger partial charge in [-0.3, -0.25) is 13.9 Å². The summed E-state index contributed by atoms with van der Waals surface area (Å²) in [5.41, 5.74) is 6.68. The van der Waals surface area contributed by atoms with Crippen LogP contribution in [0.3, 0.4) is 0 Å². The van der Waals surface area contributed by atoms with Gasteiger partial charge in [-0.25, -0.2) is 8.42 Å². The van der Waals surface area contributed by atoms with E-state index in [2.05, 4.69) is 5.32 Å². The first-order valence-corrected chi connectivity index (χ1v) is 10.3. The van der Waals surface area contributed by atoms with Crippen molar-refractivity contribution in [1.82, 2.24) is 0 Å². The second-order valence-corrected chi connectivity index (χ2v) is 8.11. The molecular formula is C19H23N3O6S. The quantitative estimate of drug-likeness (QED) is 0.665. The highest BCUT2D eigenvalue weighted by Crippen LogP contribution is 2.32. The van der Waals surface area contributed by atoms with Crippen molar-refractivity contribution in [2.45, 2.75) is 6.92 Å². The number of nitrogens with two attached hydrogens (primary N) is 1. The second kappa shape index (κ2) is 8.82. The standard InChI is InChI=1S/C19H23N3O6S/c1-12-14(19(20)24)6-5-7-15(12)21-18(23)11-22(29(4,25)26)13-8-9-16(27-2)17(10-13)28-3/h5-10H,11H2,1-4H3,(H2,20,24)(H,21,23). The molecule has 0 spiro atoms. The number of carbonyl (C=O) groups is 2. The maximum absolute atomic E-state index is 12.6. The van der Waals surface area contributed by atoms with Crippen LogP contribution >= 0.6 is 0 Å². The van der Waals surface area contributed by atoms with Crippen LogP contribution in [0.5, 0.6) is 11.5 Å². The zero-order valence-corrected chi connectivity index (χ0v) is 17.4. The third kappa shape index (κ3) is 5.17. The van der Waals surface area contributed by atoms with E-state index >= 15 is 0 Å². The number of nitrogens with one attached hydrogen (secondary N) is 1. The van der Waals surface area contributed by atoms with Crippen LogP contribution in [0, 0.1) is 6.92 Å². The number of hydrogen-bond donors (Lipinski definition) is 2. The number of amides is 2. The van der Waals surface area contributed by atoms with Crippen LogP contribution in [0.1, 0.15) is 15.9 Å². The largest absolute Gasteiger partial charge is 0.493 e. The Kier molecular flexibility index (Phi) is 6.70. The van der Waals surface area contributed by atoms with E-state index in [0.717, 1.165) is 10.6 Å². The third-order valence-corrected chi connectivity index (χ3v) is 5.36. The molecule has 0 saturated carbocycles. The molecule has 10 heteroatoms. The minimum atomic E-state index is -3.78. The van der Waals surface area contributed by atoms with Gasteiger partial charge in [-0.1, -0.05) is 6.07 Å². The number of nitrogens with zero attached hydrogens (tertiary/aromatic N) is 1. The van der Waals surface area contributed by atoms with Gasteiger partial charge in [0.15, 0.2) is 11.5 Å². The van der Waals surface area contributed by atoms with Gasteiger partial charge < -0.3 is 20.5 Å². The van der Waals surface area contributed by atoms with Crippen LogP contribution in [0.15, 0.2) is 36.4 Å². The van der Waals surface area contributed by atoms with Crippen molar-refractivity contribution in [2.24, 2.45) is 5.73 Å². The number of rotatable bonds is 8. The summed E-state index contributed by atoms with van der Waals surface area (Å²) in [5, 5.41) is 2.62. The molecule has 0 aliphatic rings. The summed E-state index contributed by atoms with van der Waals surface area (Å²) in [5.74, 6) is -0.464. The van der Waals surface area contributed by atoms with E-state index in [1.807, 2.05) is 0 Å². The van der Waals surface area contributed by atoms with E-state index < -0.39 is 28.4 Å². The average Bonchev–Trinajstić information content (AvgIpc) is 2.66. The van der Waals surface area contributed by atoms with Crippen molar-refractivity contribution in [2.75, 3.05) is 36.6 Å². The summed E-state index contributed by atoms with van der Waals surface area (Å²) in [4.78, 5) is 24.0. The third-order valence-electron chi connectivity index (χ3n) is 4.22. The molecule has 0 aliphatic carbocycles. The van der Waals surface area contributed by atoms with Crippen LogP contribution in [0.25, 0.3) is 0 Å². The predicted molar refractivity (Wildman–Crippen MR) is 110 cm³/mol. The van der Waals surface area contributed by atoms with Gasteiger partial charge in [0.05, 0.1) is 26.2 Å². The molecule has 29 heavy (non-hydrogen) atoms. The van der Waals surface area contributed by atoms with E-state index in [0.29, 0.717) is 22.7 Å². The number of carbonyl (C=O) groups excluding carboxylic acids is 2. The van der Waals surface area contributed by atoms with Gasteiger partial charge in [-0.2, -0.15) is 0 Å². The molecule has 0 radical (unpaired) electrons. The van der Waals surface area contributed by atoms with Crippen LogP contribution in [-0.2, 0) is 14.8 Å². The summed E-state index contributed by atoms with van der Waals surface area (Å²) in [7, 11) is -0.895. The number of anilines is 2. The smallest absolute Gasteiger partial charge is 0.249 e. The number of benzene rings is 2. The van der Waals surface area contributed by atoms with E-state index in [-0.39, 0.29) is 11.3 Å². The number of methoxy groups -OCH3 is 2. The van der Waals surface area contributed by atoms with E-state index in [9.17, 15) is 18.0 Å². The molecule has 2 aromatic carbocycles. The molecule has 9 nitrogen and oxygen atoms in total. The molecule has 0 unspecified atom stereocenters. The fourth-order valence-corrected chi connectivity index (χ4v) is 3.59. The fourth-order valence-electron chi connectivity index (χ4n) is 2.74. The molecule has 0 aromatic heterocycles. The Morgan fingerprint density at radius 2 is 1.76 bits per heavy atom. The maximum Gasteiger partial charge on any atom is 0.249 e.